The number of hydrogen-bond acceptors (Lipinski definition) is 5. The van der Waals surface area contributed by atoms with Crippen molar-refractivity contribution in [3.63, 3.8) is 0 Å². The molecule has 0 bridgehead atoms. The van der Waals surface area contributed by atoms with Crippen LogP contribution >= 0.6 is 0 Å². The molecule has 2 heterocycles. The predicted molar refractivity (Wildman–Crippen MR) is 103 cm³/mol. The number of rotatable bonds is 3. The van der Waals surface area contributed by atoms with Crippen molar-refractivity contribution >= 4 is 18.6 Å². The summed E-state index contributed by atoms with van der Waals surface area (Å²) in [5.41, 5.74) is 1.25. The van der Waals surface area contributed by atoms with Gasteiger partial charge in [-0.25, -0.2) is 0 Å². The molecule has 1 fully saturated rings. The Hall–Kier alpha value is -2.38. The van der Waals surface area contributed by atoms with Gasteiger partial charge in [0, 0.05) is 23.6 Å². The lowest BCUT2D eigenvalue weighted by atomic mass is 9.71. The van der Waals surface area contributed by atoms with E-state index in [-0.39, 0.29) is 29.9 Å². The van der Waals surface area contributed by atoms with Crippen LogP contribution in [0.15, 0.2) is 53.7 Å². The monoisotopic (exact) mass is 367 g/mol. The molecule has 1 atom stereocenters. The first-order chi connectivity index (χ1) is 12.7. The summed E-state index contributed by atoms with van der Waals surface area (Å²) in [4.78, 5) is 10.4. The molecule has 1 aliphatic carbocycles. The number of non-ortho nitro benzene ring substituents is 1. The van der Waals surface area contributed by atoms with E-state index in [0.717, 1.165) is 29.0 Å². The standard InChI is InChI=1S/C20H22BNO5/c1-19(2)20(3,4)27-21(26-19)15-7-10-17-14(11-15)12-18(25-17)13-5-8-16(9-6-13)22(23)24/h5-10,12,14H,11H2,1-4H3. The fourth-order valence-electron chi connectivity index (χ4n) is 3.40. The number of nitro groups is 1. The minimum atomic E-state index is -0.406. The van der Waals surface area contributed by atoms with Crippen LogP contribution in [-0.4, -0.2) is 23.2 Å². The molecule has 140 valence electrons. The van der Waals surface area contributed by atoms with Gasteiger partial charge in [0.1, 0.15) is 11.5 Å². The Bertz CT molecular complexity index is 866. The number of nitrogens with zero attached hydrogens (tertiary/aromatic N) is 1. The van der Waals surface area contributed by atoms with Crippen molar-refractivity contribution in [1.29, 1.82) is 0 Å². The van der Waals surface area contributed by atoms with Crippen molar-refractivity contribution in [3.05, 3.63) is 69.4 Å². The molecule has 0 saturated carbocycles. The molecular weight excluding hydrogens is 345 g/mol. The maximum atomic E-state index is 10.8. The van der Waals surface area contributed by atoms with Gasteiger partial charge in [-0.05, 0) is 63.9 Å². The molecule has 0 amide bonds. The molecule has 1 aromatic carbocycles. The summed E-state index contributed by atoms with van der Waals surface area (Å²) in [5, 5.41) is 10.8. The van der Waals surface area contributed by atoms with E-state index < -0.39 is 4.92 Å². The zero-order valence-electron chi connectivity index (χ0n) is 15.9. The number of nitro benzene ring substituents is 1. The van der Waals surface area contributed by atoms with Crippen LogP contribution in [0.3, 0.4) is 0 Å². The van der Waals surface area contributed by atoms with Gasteiger partial charge < -0.3 is 14.0 Å². The van der Waals surface area contributed by atoms with Gasteiger partial charge >= 0.3 is 7.12 Å². The third-order valence-electron chi connectivity index (χ3n) is 5.78. The molecule has 1 aromatic rings. The van der Waals surface area contributed by atoms with E-state index in [0.29, 0.717) is 0 Å². The number of allylic oxidation sites excluding steroid dienone is 4. The first-order valence-corrected chi connectivity index (χ1v) is 9.07. The van der Waals surface area contributed by atoms with Gasteiger partial charge in [-0.2, -0.15) is 0 Å². The Labute approximate surface area is 158 Å². The molecule has 6 nitrogen and oxygen atoms in total. The van der Waals surface area contributed by atoms with Crippen molar-refractivity contribution in [2.45, 2.75) is 45.3 Å². The van der Waals surface area contributed by atoms with Gasteiger partial charge in [0.05, 0.1) is 16.1 Å². The predicted octanol–water partition coefficient (Wildman–Crippen LogP) is 4.43. The molecule has 4 rings (SSSR count). The van der Waals surface area contributed by atoms with E-state index in [1.807, 2.05) is 39.8 Å². The second kappa shape index (κ2) is 6.07. The summed E-state index contributed by atoms with van der Waals surface area (Å²) in [7, 11) is -0.357. The van der Waals surface area contributed by atoms with E-state index in [1.165, 1.54) is 12.1 Å². The van der Waals surface area contributed by atoms with E-state index in [1.54, 1.807) is 12.1 Å². The molecular formula is C20H22BNO5. The first-order valence-electron chi connectivity index (χ1n) is 9.07. The second-order valence-electron chi connectivity index (χ2n) is 8.15. The Morgan fingerprint density at radius 1 is 1.07 bits per heavy atom. The normalized spacial score (nSPS) is 25.3. The van der Waals surface area contributed by atoms with Crippen molar-refractivity contribution < 1.29 is 19.0 Å². The fourth-order valence-corrected chi connectivity index (χ4v) is 3.40. The number of fused-ring (bicyclic) bond motifs is 1. The van der Waals surface area contributed by atoms with Crippen LogP contribution in [0.25, 0.3) is 5.76 Å². The smallest absolute Gasteiger partial charge is 0.461 e. The van der Waals surface area contributed by atoms with Gasteiger partial charge in [0.25, 0.3) is 5.69 Å². The molecule has 0 radical (unpaired) electrons. The summed E-state index contributed by atoms with van der Waals surface area (Å²) in [6, 6.07) is 6.41. The topological polar surface area (TPSA) is 70.8 Å². The lowest BCUT2D eigenvalue weighted by Crippen LogP contribution is -2.41. The molecule has 0 aromatic heterocycles. The minimum Gasteiger partial charge on any atom is -0.461 e. The lowest BCUT2D eigenvalue weighted by molar-refractivity contribution is -0.384. The third kappa shape index (κ3) is 3.11. The Kier molecular flexibility index (Phi) is 4.05. The molecule has 0 N–H and O–H groups in total. The van der Waals surface area contributed by atoms with Crippen LogP contribution in [0, 0.1) is 16.0 Å². The molecule has 27 heavy (non-hydrogen) atoms. The fraction of sp³-hybridized carbons (Fsp3) is 0.400. The Balaban J connectivity index is 1.50. The third-order valence-corrected chi connectivity index (χ3v) is 5.78. The molecule has 0 spiro atoms. The number of ether oxygens (including phenoxy) is 1. The van der Waals surface area contributed by atoms with E-state index in [9.17, 15) is 10.1 Å². The summed E-state index contributed by atoms with van der Waals surface area (Å²) < 4.78 is 18.3. The Morgan fingerprint density at radius 2 is 1.70 bits per heavy atom. The van der Waals surface area contributed by atoms with E-state index in [2.05, 4.69) is 6.08 Å². The van der Waals surface area contributed by atoms with Crippen LogP contribution in [0.1, 0.15) is 39.7 Å². The first kappa shape index (κ1) is 18.0. The molecule has 1 unspecified atom stereocenters. The molecule has 7 heteroatoms. The van der Waals surface area contributed by atoms with E-state index >= 15 is 0 Å². The molecule has 3 aliphatic rings. The average molecular weight is 367 g/mol. The summed E-state index contributed by atoms with van der Waals surface area (Å²) in [6.45, 7) is 8.18. The SMILES string of the molecule is CC1(C)OB(C2=CC=C3OC(c4ccc([N+](=O)[O-])cc4)=CC3C2)OC1(C)C. The van der Waals surface area contributed by atoms with Gasteiger partial charge in [0.15, 0.2) is 0 Å². The van der Waals surface area contributed by atoms with Crippen LogP contribution in [0.5, 0.6) is 0 Å². The van der Waals surface area contributed by atoms with E-state index in [4.69, 9.17) is 14.0 Å². The van der Waals surface area contributed by atoms with Crippen LogP contribution in [0.4, 0.5) is 5.69 Å². The highest BCUT2D eigenvalue weighted by molar-refractivity contribution is 6.54. The second-order valence-corrected chi connectivity index (χ2v) is 8.15. The van der Waals surface area contributed by atoms with Crippen LogP contribution < -0.4 is 0 Å². The van der Waals surface area contributed by atoms with Crippen LogP contribution in [-0.2, 0) is 14.0 Å². The summed E-state index contributed by atoms with van der Waals surface area (Å²) in [6.07, 6.45) is 6.80. The van der Waals surface area contributed by atoms with Crippen molar-refractivity contribution in [2.24, 2.45) is 5.92 Å². The number of benzene rings is 1. The summed E-state index contributed by atoms with van der Waals surface area (Å²) >= 11 is 0. The molecule has 1 saturated heterocycles. The largest absolute Gasteiger partial charge is 0.490 e. The van der Waals surface area contributed by atoms with Crippen molar-refractivity contribution in [2.75, 3.05) is 0 Å². The highest BCUT2D eigenvalue weighted by Gasteiger charge is 2.52. The number of hydrogen-bond donors (Lipinski definition) is 0. The van der Waals surface area contributed by atoms with Gasteiger partial charge in [0.2, 0.25) is 0 Å². The average Bonchev–Trinajstić information content (AvgIpc) is 3.12. The van der Waals surface area contributed by atoms with Gasteiger partial charge in [-0.1, -0.05) is 6.08 Å². The van der Waals surface area contributed by atoms with Gasteiger partial charge in [-0.3, -0.25) is 10.1 Å². The van der Waals surface area contributed by atoms with Crippen molar-refractivity contribution in [3.8, 4) is 0 Å². The highest BCUT2D eigenvalue weighted by Crippen LogP contribution is 2.44. The quantitative estimate of drug-likeness (QED) is 0.449. The zero-order chi connectivity index (χ0) is 19.4. The van der Waals surface area contributed by atoms with Gasteiger partial charge in [-0.15, -0.1) is 0 Å². The highest BCUT2D eigenvalue weighted by atomic mass is 16.7. The minimum absolute atomic E-state index is 0.0682. The Morgan fingerprint density at radius 3 is 2.30 bits per heavy atom. The summed E-state index contributed by atoms with van der Waals surface area (Å²) in [5.74, 6) is 1.72. The maximum absolute atomic E-state index is 10.8. The van der Waals surface area contributed by atoms with Crippen LogP contribution in [0.2, 0.25) is 0 Å². The zero-order valence-corrected chi connectivity index (χ0v) is 15.9. The maximum Gasteiger partial charge on any atom is 0.490 e. The van der Waals surface area contributed by atoms with Crippen molar-refractivity contribution in [1.82, 2.24) is 0 Å². The lowest BCUT2D eigenvalue weighted by Gasteiger charge is -2.32. The molecule has 2 aliphatic heterocycles.